The topological polar surface area (TPSA) is 58.1 Å². The van der Waals surface area contributed by atoms with Crippen LogP contribution in [-0.2, 0) is 4.79 Å². The highest BCUT2D eigenvalue weighted by Gasteiger charge is 2.31. The van der Waals surface area contributed by atoms with Gasteiger partial charge in [-0.25, -0.2) is 9.97 Å². The fourth-order valence-corrected chi connectivity index (χ4v) is 2.61. The Hall–Kier alpha value is -1.17. The average molecular weight is 313 g/mol. The third-order valence-corrected chi connectivity index (χ3v) is 3.51. The lowest BCUT2D eigenvalue weighted by molar-refractivity contribution is -0.123. The lowest BCUT2D eigenvalue weighted by Gasteiger charge is -2.37. The zero-order chi connectivity index (χ0) is 13.1. The minimum absolute atomic E-state index is 0.0838. The number of nitrogens with one attached hydrogen (secondary N) is 1. The molecular weight excluding hydrogens is 296 g/mol. The Morgan fingerprint density at radius 1 is 1.61 bits per heavy atom. The van der Waals surface area contributed by atoms with Crippen LogP contribution in [0.25, 0.3) is 0 Å². The fraction of sp³-hybridized carbons (Fsp3) is 0.583. The second-order valence-corrected chi connectivity index (χ2v) is 5.68. The molecule has 2 rings (SSSR count). The van der Waals surface area contributed by atoms with Crippen molar-refractivity contribution in [3.63, 3.8) is 0 Å². The summed E-state index contributed by atoms with van der Waals surface area (Å²) in [7, 11) is 0. The van der Waals surface area contributed by atoms with E-state index in [-0.39, 0.29) is 11.9 Å². The molecule has 0 spiro atoms. The average Bonchev–Trinajstić information content (AvgIpc) is 2.32. The minimum Gasteiger partial charge on any atom is -0.353 e. The zero-order valence-corrected chi connectivity index (χ0v) is 12.1. The van der Waals surface area contributed by atoms with Gasteiger partial charge in [0.1, 0.15) is 18.2 Å². The molecule has 5 nitrogen and oxygen atoms in total. The molecule has 98 valence electrons. The number of rotatable bonds is 3. The van der Waals surface area contributed by atoms with Gasteiger partial charge < -0.3 is 10.2 Å². The molecule has 1 aliphatic heterocycles. The third kappa shape index (κ3) is 2.80. The van der Waals surface area contributed by atoms with Gasteiger partial charge in [0.15, 0.2) is 0 Å². The molecule has 0 radical (unpaired) electrons. The number of halogens is 1. The normalized spacial score (nSPS) is 20.1. The van der Waals surface area contributed by atoms with Crippen LogP contribution in [0.2, 0.25) is 0 Å². The predicted molar refractivity (Wildman–Crippen MR) is 73.3 cm³/mol. The van der Waals surface area contributed by atoms with Gasteiger partial charge in [-0.3, -0.25) is 4.79 Å². The van der Waals surface area contributed by atoms with Crippen LogP contribution < -0.4 is 10.2 Å². The summed E-state index contributed by atoms with van der Waals surface area (Å²) in [5.41, 5.74) is 0. The summed E-state index contributed by atoms with van der Waals surface area (Å²) in [5.74, 6) is 1.34. The Morgan fingerprint density at radius 3 is 3.06 bits per heavy atom. The first-order chi connectivity index (χ1) is 8.59. The lowest BCUT2D eigenvalue weighted by atomic mass is 10.00. The van der Waals surface area contributed by atoms with Crippen molar-refractivity contribution in [3.8, 4) is 0 Å². The van der Waals surface area contributed by atoms with E-state index in [9.17, 15) is 4.79 Å². The van der Waals surface area contributed by atoms with E-state index in [1.54, 1.807) is 6.20 Å². The third-order valence-electron chi connectivity index (χ3n) is 2.95. The van der Waals surface area contributed by atoms with Crippen LogP contribution in [0, 0.1) is 5.92 Å². The van der Waals surface area contributed by atoms with Gasteiger partial charge in [-0.1, -0.05) is 13.8 Å². The molecule has 0 aliphatic carbocycles. The summed E-state index contributed by atoms with van der Waals surface area (Å²) in [4.78, 5) is 22.3. The monoisotopic (exact) mass is 312 g/mol. The number of piperazine rings is 1. The molecule has 1 unspecified atom stereocenters. The molecule has 0 bridgehead atoms. The molecule has 1 amide bonds. The Balaban J connectivity index is 2.28. The van der Waals surface area contributed by atoms with Crippen molar-refractivity contribution >= 4 is 27.7 Å². The van der Waals surface area contributed by atoms with Gasteiger partial charge in [0.25, 0.3) is 0 Å². The highest BCUT2D eigenvalue weighted by Crippen LogP contribution is 2.27. The molecule has 0 saturated carbocycles. The second kappa shape index (κ2) is 5.65. The number of hydrogen-bond acceptors (Lipinski definition) is 4. The van der Waals surface area contributed by atoms with Gasteiger partial charge in [-0.05, 0) is 28.3 Å². The maximum absolute atomic E-state index is 12.0. The van der Waals surface area contributed by atoms with Gasteiger partial charge in [0.05, 0.1) is 4.47 Å². The number of nitrogens with zero attached hydrogens (tertiary/aromatic N) is 3. The summed E-state index contributed by atoms with van der Waals surface area (Å²) in [6.45, 7) is 5.67. The molecule has 1 atom stereocenters. The van der Waals surface area contributed by atoms with Crippen molar-refractivity contribution in [1.82, 2.24) is 15.3 Å². The van der Waals surface area contributed by atoms with Crippen molar-refractivity contribution in [3.05, 3.63) is 17.0 Å². The van der Waals surface area contributed by atoms with Crippen LogP contribution in [0.5, 0.6) is 0 Å². The molecular formula is C12H17BrN4O. The summed E-state index contributed by atoms with van der Waals surface area (Å²) in [6.07, 6.45) is 4.04. The number of carbonyl (C=O) groups excluding carboxylic acids is 1. The van der Waals surface area contributed by atoms with E-state index in [0.717, 1.165) is 23.3 Å². The summed E-state index contributed by atoms with van der Waals surface area (Å²) >= 11 is 3.45. The molecule has 1 aliphatic rings. The van der Waals surface area contributed by atoms with Crippen LogP contribution in [0.3, 0.4) is 0 Å². The SMILES string of the molecule is CC(C)CC1C(=O)NCCN1c1ncncc1Br. The van der Waals surface area contributed by atoms with E-state index in [0.29, 0.717) is 12.5 Å². The first-order valence-electron chi connectivity index (χ1n) is 6.09. The van der Waals surface area contributed by atoms with Gasteiger partial charge in [0.2, 0.25) is 5.91 Å². The highest BCUT2D eigenvalue weighted by molar-refractivity contribution is 9.10. The quantitative estimate of drug-likeness (QED) is 0.921. The Kier molecular flexibility index (Phi) is 4.16. The Bertz CT molecular complexity index is 438. The number of anilines is 1. The van der Waals surface area contributed by atoms with Crippen molar-refractivity contribution in [2.75, 3.05) is 18.0 Å². The Morgan fingerprint density at radius 2 is 2.39 bits per heavy atom. The number of carbonyl (C=O) groups is 1. The van der Waals surface area contributed by atoms with Gasteiger partial charge >= 0.3 is 0 Å². The van der Waals surface area contributed by atoms with E-state index >= 15 is 0 Å². The summed E-state index contributed by atoms with van der Waals surface area (Å²) in [5, 5.41) is 2.92. The first kappa shape index (κ1) is 13.3. The zero-order valence-electron chi connectivity index (χ0n) is 10.6. The van der Waals surface area contributed by atoms with E-state index in [4.69, 9.17) is 0 Å². The summed E-state index contributed by atoms with van der Waals surface area (Å²) in [6, 6.07) is -0.148. The van der Waals surface area contributed by atoms with Gasteiger partial charge in [-0.15, -0.1) is 0 Å². The largest absolute Gasteiger partial charge is 0.353 e. The molecule has 6 heteroatoms. The number of aromatic nitrogens is 2. The number of amides is 1. The predicted octanol–water partition coefficient (Wildman–Crippen LogP) is 1.59. The van der Waals surface area contributed by atoms with Gasteiger partial charge in [0, 0.05) is 19.3 Å². The van der Waals surface area contributed by atoms with Crippen LogP contribution in [-0.4, -0.2) is 35.0 Å². The van der Waals surface area contributed by atoms with E-state index < -0.39 is 0 Å². The molecule has 18 heavy (non-hydrogen) atoms. The maximum atomic E-state index is 12.0. The molecule has 1 aromatic rings. The van der Waals surface area contributed by atoms with Crippen LogP contribution in [0.1, 0.15) is 20.3 Å². The van der Waals surface area contributed by atoms with Crippen molar-refractivity contribution < 1.29 is 4.79 Å². The molecule has 1 saturated heterocycles. The van der Waals surface area contributed by atoms with E-state index in [2.05, 4.69) is 50.0 Å². The van der Waals surface area contributed by atoms with Crippen molar-refractivity contribution in [2.45, 2.75) is 26.3 Å². The van der Waals surface area contributed by atoms with Crippen molar-refractivity contribution in [1.29, 1.82) is 0 Å². The van der Waals surface area contributed by atoms with Crippen LogP contribution in [0.4, 0.5) is 5.82 Å². The van der Waals surface area contributed by atoms with Gasteiger partial charge in [-0.2, -0.15) is 0 Å². The summed E-state index contributed by atoms with van der Waals surface area (Å²) < 4.78 is 0.827. The molecule has 1 fully saturated rings. The fourth-order valence-electron chi connectivity index (χ4n) is 2.17. The van der Waals surface area contributed by atoms with E-state index in [1.165, 1.54) is 6.33 Å². The van der Waals surface area contributed by atoms with Crippen molar-refractivity contribution in [2.24, 2.45) is 5.92 Å². The molecule has 1 N–H and O–H groups in total. The van der Waals surface area contributed by atoms with Crippen LogP contribution in [0.15, 0.2) is 17.0 Å². The highest BCUT2D eigenvalue weighted by atomic mass is 79.9. The second-order valence-electron chi connectivity index (χ2n) is 4.82. The van der Waals surface area contributed by atoms with E-state index in [1.807, 2.05) is 0 Å². The molecule has 1 aromatic heterocycles. The maximum Gasteiger partial charge on any atom is 0.242 e. The lowest BCUT2D eigenvalue weighted by Crippen LogP contribution is -2.56. The standard InChI is InChI=1S/C12H17BrN4O/c1-8(2)5-10-12(18)15-3-4-17(10)11-9(13)6-14-7-16-11/h6-8,10H,3-5H2,1-2H3,(H,15,18). The minimum atomic E-state index is -0.148. The molecule has 0 aromatic carbocycles. The molecule has 2 heterocycles. The Labute approximate surface area is 115 Å². The first-order valence-corrected chi connectivity index (χ1v) is 6.88. The van der Waals surface area contributed by atoms with Crippen LogP contribution >= 0.6 is 15.9 Å². The number of hydrogen-bond donors (Lipinski definition) is 1. The smallest absolute Gasteiger partial charge is 0.242 e.